The SMILES string of the molecule is Cc1nn(C)cc1Nc1nc2ccc(N)cc2o1. The van der Waals surface area contributed by atoms with Gasteiger partial charge in [-0.15, -0.1) is 0 Å². The highest BCUT2D eigenvalue weighted by molar-refractivity contribution is 5.78. The van der Waals surface area contributed by atoms with E-state index in [1.54, 1.807) is 16.8 Å². The number of hydrogen-bond acceptors (Lipinski definition) is 5. The molecule has 2 heterocycles. The van der Waals surface area contributed by atoms with Crippen molar-refractivity contribution >= 4 is 28.5 Å². The van der Waals surface area contributed by atoms with Crippen LogP contribution in [0, 0.1) is 6.92 Å². The molecule has 6 nitrogen and oxygen atoms in total. The molecule has 2 aromatic heterocycles. The summed E-state index contributed by atoms with van der Waals surface area (Å²) in [5.41, 5.74) is 9.54. The molecular formula is C12H13N5O. The van der Waals surface area contributed by atoms with Crippen molar-refractivity contribution in [3.63, 3.8) is 0 Å². The van der Waals surface area contributed by atoms with Gasteiger partial charge in [0.15, 0.2) is 5.58 Å². The first-order chi connectivity index (χ1) is 8.61. The third-order valence-electron chi connectivity index (χ3n) is 2.67. The van der Waals surface area contributed by atoms with Gasteiger partial charge in [-0.3, -0.25) is 4.68 Å². The fourth-order valence-corrected chi connectivity index (χ4v) is 1.83. The van der Waals surface area contributed by atoms with E-state index < -0.39 is 0 Å². The molecule has 92 valence electrons. The third kappa shape index (κ3) is 1.77. The van der Waals surface area contributed by atoms with Crippen molar-refractivity contribution in [3.05, 3.63) is 30.1 Å². The van der Waals surface area contributed by atoms with E-state index in [9.17, 15) is 0 Å². The Balaban J connectivity index is 1.97. The minimum absolute atomic E-state index is 0.437. The number of aryl methyl sites for hydroxylation is 2. The number of oxazole rings is 1. The fraction of sp³-hybridized carbons (Fsp3) is 0.167. The predicted octanol–water partition coefficient (Wildman–Crippen LogP) is 2.20. The van der Waals surface area contributed by atoms with E-state index in [2.05, 4.69) is 15.4 Å². The van der Waals surface area contributed by atoms with Crippen molar-refractivity contribution in [2.45, 2.75) is 6.92 Å². The largest absolute Gasteiger partial charge is 0.423 e. The van der Waals surface area contributed by atoms with Crippen LogP contribution in [0.5, 0.6) is 0 Å². The molecule has 0 unspecified atom stereocenters. The van der Waals surface area contributed by atoms with Crippen LogP contribution < -0.4 is 11.1 Å². The van der Waals surface area contributed by atoms with E-state index in [1.165, 1.54) is 0 Å². The summed E-state index contributed by atoms with van der Waals surface area (Å²) in [7, 11) is 1.87. The van der Waals surface area contributed by atoms with Crippen LogP contribution in [0.15, 0.2) is 28.8 Å². The molecule has 6 heteroatoms. The minimum Gasteiger partial charge on any atom is -0.423 e. The molecule has 0 atom stereocenters. The Morgan fingerprint density at radius 1 is 1.39 bits per heavy atom. The van der Waals surface area contributed by atoms with Gasteiger partial charge in [0.25, 0.3) is 6.01 Å². The number of benzene rings is 1. The smallest absolute Gasteiger partial charge is 0.300 e. The number of anilines is 3. The highest BCUT2D eigenvalue weighted by Gasteiger charge is 2.09. The molecule has 0 fully saturated rings. The van der Waals surface area contributed by atoms with Gasteiger partial charge >= 0.3 is 0 Å². The van der Waals surface area contributed by atoms with Crippen LogP contribution in [0.1, 0.15) is 5.69 Å². The summed E-state index contributed by atoms with van der Waals surface area (Å²) in [5, 5.41) is 7.34. The third-order valence-corrected chi connectivity index (χ3v) is 2.67. The van der Waals surface area contributed by atoms with Gasteiger partial charge in [-0.1, -0.05) is 0 Å². The Kier molecular flexibility index (Phi) is 2.22. The summed E-state index contributed by atoms with van der Waals surface area (Å²) < 4.78 is 7.31. The van der Waals surface area contributed by atoms with Crippen molar-refractivity contribution in [2.24, 2.45) is 7.05 Å². The van der Waals surface area contributed by atoms with Crippen LogP contribution in [-0.4, -0.2) is 14.8 Å². The lowest BCUT2D eigenvalue weighted by atomic mass is 10.3. The van der Waals surface area contributed by atoms with Gasteiger partial charge in [-0.2, -0.15) is 10.1 Å². The predicted molar refractivity (Wildman–Crippen MR) is 69.6 cm³/mol. The van der Waals surface area contributed by atoms with Gasteiger partial charge in [0.1, 0.15) is 5.52 Å². The summed E-state index contributed by atoms with van der Waals surface area (Å²) in [5.74, 6) is 0. The topological polar surface area (TPSA) is 81.9 Å². The van der Waals surface area contributed by atoms with Gasteiger partial charge in [0.05, 0.1) is 11.4 Å². The first-order valence-electron chi connectivity index (χ1n) is 5.55. The van der Waals surface area contributed by atoms with Crippen molar-refractivity contribution in [3.8, 4) is 0 Å². The summed E-state index contributed by atoms with van der Waals surface area (Å²) in [6.45, 7) is 1.92. The van der Waals surface area contributed by atoms with Gasteiger partial charge in [-0.25, -0.2) is 0 Å². The van der Waals surface area contributed by atoms with Crippen LogP contribution in [-0.2, 0) is 7.05 Å². The van der Waals surface area contributed by atoms with Crippen LogP contribution in [0.4, 0.5) is 17.4 Å². The molecule has 3 N–H and O–H groups in total. The Morgan fingerprint density at radius 2 is 2.22 bits per heavy atom. The first kappa shape index (κ1) is 10.6. The molecule has 0 aliphatic heterocycles. The maximum absolute atomic E-state index is 5.69. The zero-order valence-corrected chi connectivity index (χ0v) is 10.1. The minimum atomic E-state index is 0.437. The summed E-state index contributed by atoms with van der Waals surface area (Å²) in [6, 6.07) is 5.81. The first-order valence-corrected chi connectivity index (χ1v) is 5.55. The Bertz CT molecular complexity index is 712. The molecule has 0 saturated heterocycles. The monoisotopic (exact) mass is 243 g/mol. The zero-order valence-electron chi connectivity index (χ0n) is 10.1. The Morgan fingerprint density at radius 3 is 2.94 bits per heavy atom. The molecule has 0 aliphatic carbocycles. The lowest BCUT2D eigenvalue weighted by Gasteiger charge is -1.96. The number of nitrogens with one attached hydrogen (secondary N) is 1. The van der Waals surface area contributed by atoms with Crippen LogP contribution in [0.25, 0.3) is 11.1 Å². The van der Waals surface area contributed by atoms with Crippen molar-refractivity contribution in [1.82, 2.24) is 14.8 Å². The average Bonchev–Trinajstić information content (AvgIpc) is 2.82. The van der Waals surface area contributed by atoms with E-state index in [-0.39, 0.29) is 0 Å². The Labute approximate surface area is 103 Å². The van der Waals surface area contributed by atoms with Crippen LogP contribution in [0.2, 0.25) is 0 Å². The molecule has 0 bridgehead atoms. The summed E-state index contributed by atoms with van der Waals surface area (Å²) >= 11 is 0. The maximum Gasteiger partial charge on any atom is 0.300 e. The van der Waals surface area contributed by atoms with Crippen LogP contribution >= 0.6 is 0 Å². The van der Waals surface area contributed by atoms with E-state index >= 15 is 0 Å². The highest BCUT2D eigenvalue weighted by atomic mass is 16.4. The number of nitrogens with two attached hydrogens (primary N) is 1. The number of nitrogens with zero attached hydrogens (tertiary/aromatic N) is 3. The summed E-state index contributed by atoms with van der Waals surface area (Å²) in [6.07, 6.45) is 1.87. The molecule has 0 amide bonds. The molecule has 3 rings (SSSR count). The van der Waals surface area contributed by atoms with E-state index in [0.29, 0.717) is 17.3 Å². The average molecular weight is 243 g/mol. The standard InChI is InChI=1S/C12H13N5O/c1-7-10(6-17(2)16-7)15-12-14-9-4-3-8(13)5-11(9)18-12/h3-6H,13H2,1-2H3,(H,14,15). The molecule has 0 aliphatic rings. The van der Waals surface area contributed by atoms with Gasteiger partial charge in [0, 0.05) is 25.0 Å². The number of aromatic nitrogens is 3. The lowest BCUT2D eigenvalue weighted by Crippen LogP contribution is -1.90. The van der Waals surface area contributed by atoms with Gasteiger partial charge < -0.3 is 15.5 Å². The maximum atomic E-state index is 5.69. The summed E-state index contributed by atoms with van der Waals surface area (Å²) in [4.78, 5) is 4.33. The molecule has 3 aromatic rings. The number of hydrogen-bond donors (Lipinski definition) is 2. The van der Waals surface area contributed by atoms with E-state index in [1.807, 2.05) is 26.2 Å². The van der Waals surface area contributed by atoms with Crippen LogP contribution in [0.3, 0.4) is 0 Å². The lowest BCUT2D eigenvalue weighted by molar-refractivity contribution is 0.623. The zero-order chi connectivity index (χ0) is 12.7. The molecule has 0 spiro atoms. The molecule has 0 saturated carbocycles. The number of rotatable bonds is 2. The normalized spacial score (nSPS) is 11.0. The number of nitrogen functional groups attached to an aromatic ring is 1. The van der Waals surface area contributed by atoms with E-state index in [0.717, 1.165) is 16.9 Å². The molecule has 18 heavy (non-hydrogen) atoms. The van der Waals surface area contributed by atoms with E-state index in [4.69, 9.17) is 10.2 Å². The number of fused-ring (bicyclic) bond motifs is 1. The second kappa shape index (κ2) is 3.76. The fourth-order valence-electron chi connectivity index (χ4n) is 1.83. The molecule has 0 radical (unpaired) electrons. The molecular weight excluding hydrogens is 230 g/mol. The second-order valence-corrected chi connectivity index (χ2v) is 4.17. The second-order valence-electron chi connectivity index (χ2n) is 4.17. The van der Waals surface area contributed by atoms with Crippen molar-refractivity contribution in [1.29, 1.82) is 0 Å². The van der Waals surface area contributed by atoms with Crippen molar-refractivity contribution < 1.29 is 4.42 Å². The van der Waals surface area contributed by atoms with Gasteiger partial charge in [-0.05, 0) is 19.1 Å². The van der Waals surface area contributed by atoms with Gasteiger partial charge in [0.2, 0.25) is 0 Å². The molecule has 1 aromatic carbocycles. The Hall–Kier alpha value is -2.50. The quantitative estimate of drug-likeness (QED) is 0.674. The van der Waals surface area contributed by atoms with Crippen molar-refractivity contribution in [2.75, 3.05) is 11.1 Å². The highest BCUT2D eigenvalue weighted by Crippen LogP contribution is 2.24.